The third kappa shape index (κ3) is 2.35. The SMILES string of the molecule is Oc1ccc(/C=N\Nc2nc3ccccc3n3cnnc23)c(O)c1. The van der Waals surface area contributed by atoms with Crippen LogP contribution in [-0.2, 0) is 0 Å². The molecule has 0 saturated carbocycles. The molecule has 0 spiro atoms. The topological polar surface area (TPSA) is 108 Å². The van der Waals surface area contributed by atoms with Gasteiger partial charge in [0.15, 0.2) is 5.82 Å². The number of phenolic OH excluding ortho intramolecular Hbond substituents is 2. The fourth-order valence-corrected chi connectivity index (χ4v) is 2.38. The van der Waals surface area contributed by atoms with Gasteiger partial charge in [0.25, 0.3) is 0 Å². The molecule has 2 aromatic carbocycles. The molecule has 4 rings (SSSR count). The highest BCUT2D eigenvalue weighted by atomic mass is 16.3. The number of benzene rings is 2. The van der Waals surface area contributed by atoms with Crippen LogP contribution in [0.3, 0.4) is 0 Å². The smallest absolute Gasteiger partial charge is 0.205 e. The molecule has 0 radical (unpaired) electrons. The maximum Gasteiger partial charge on any atom is 0.205 e. The van der Waals surface area contributed by atoms with Crippen LogP contribution in [0, 0.1) is 0 Å². The van der Waals surface area contributed by atoms with Gasteiger partial charge in [-0.15, -0.1) is 10.2 Å². The summed E-state index contributed by atoms with van der Waals surface area (Å²) >= 11 is 0. The molecule has 3 N–H and O–H groups in total. The first kappa shape index (κ1) is 13.9. The van der Waals surface area contributed by atoms with Crippen LogP contribution in [0.4, 0.5) is 5.82 Å². The molecule has 0 aliphatic rings. The van der Waals surface area contributed by atoms with E-state index in [9.17, 15) is 10.2 Å². The van der Waals surface area contributed by atoms with Gasteiger partial charge in [0, 0.05) is 11.6 Å². The first-order valence-corrected chi connectivity index (χ1v) is 7.12. The van der Waals surface area contributed by atoms with Crippen LogP contribution in [-0.4, -0.2) is 36.0 Å². The van der Waals surface area contributed by atoms with E-state index in [0.717, 1.165) is 11.0 Å². The lowest BCUT2D eigenvalue weighted by Gasteiger charge is -2.05. The number of hydrogen-bond acceptors (Lipinski definition) is 7. The molecule has 0 atom stereocenters. The molecule has 0 saturated heterocycles. The van der Waals surface area contributed by atoms with E-state index in [4.69, 9.17) is 0 Å². The summed E-state index contributed by atoms with van der Waals surface area (Å²) in [5.41, 5.74) is 5.48. The Hall–Kier alpha value is -3.68. The molecule has 4 aromatic rings. The quantitative estimate of drug-likeness (QED) is 0.394. The second-order valence-corrected chi connectivity index (χ2v) is 5.09. The predicted octanol–water partition coefficient (Wildman–Crippen LogP) is 2.13. The van der Waals surface area contributed by atoms with Gasteiger partial charge in [-0.2, -0.15) is 5.10 Å². The zero-order valence-electron chi connectivity index (χ0n) is 12.3. The van der Waals surface area contributed by atoms with Crippen molar-refractivity contribution >= 4 is 28.7 Å². The largest absolute Gasteiger partial charge is 0.508 e. The van der Waals surface area contributed by atoms with Gasteiger partial charge in [0.2, 0.25) is 5.65 Å². The summed E-state index contributed by atoms with van der Waals surface area (Å²) in [5, 5.41) is 31.1. The van der Waals surface area contributed by atoms with Crippen LogP contribution < -0.4 is 5.43 Å². The van der Waals surface area contributed by atoms with Gasteiger partial charge in [0.1, 0.15) is 17.8 Å². The molecular formula is C16H12N6O2. The monoisotopic (exact) mass is 320 g/mol. The Morgan fingerprint density at radius 2 is 2.00 bits per heavy atom. The minimum absolute atomic E-state index is 0.0148. The Morgan fingerprint density at radius 1 is 1.12 bits per heavy atom. The van der Waals surface area contributed by atoms with Gasteiger partial charge in [-0.25, -0.2) is 4.98 Å². The summed E-state index contributed by atoms with van der Waals surface area (Å²) in [7, 11) is 0. The first-order valence-electron chi connectivity index (χ1n) is 7.12. The molecule has 8 heteroatoms. The Bertz CT molecular complexity index is 1070. The highest BCUT2D eigenvalue weighted by molar-refractivity contribution is 5.85. The number of aromatic hydroxyl groups is 2. The number of hydrogen-bond donors (Lipinski definition) is 3. The molecule has 2 heterocycles. The molecule has 0 fully saturated rings. The Kier molecular flexibility index (Phi) is 3.20. The van der Waals surface area contributed by atoms with E-state index in [0.29, 0.717) is 17.0 Å². The molecule has 0 amide bonds. The van der Waals surface area contributed by atoms with E-state index >= 15 is 0 Å². The molecule has 118 valence electrons. The molecule has 2 aromatic heterocycles. The van der Waals surface area contributed by atoms with Gasteiger partial charge >= 0.3 is 0 Å². The van der Waals surface area contributed by atoms with E-state index in [1.807, 2.05) is 28.7 Å². The number of anilines is 1. The van der Waals surface area contributed by atoms with Gasteiger partial charge < -0.3 is 10.2 Å². The number of phenols is 2. The average Bonchev–Trinajstić information content (AvgIpc) is 3.07. The summed E-state index contributed by atoms with van der Waals surface area (Å²) in [6.07, 6.45) is 3.04. The lowest BCUT2D eigenvalue weighted by molar-refractivity contribution is 0.450. The van der Waals surface area contributed by atoms with Crippen molar-refractivity contribution < 1.29 is 10.2 Å². The van der Waals surface area contributed by atoms with Gasteiger partial charge in [0.05, 0.1) is 17.2 Å². The molecule has 8 nitrogen and oxygen atoms in total. The van der Waals surface area contributed by atoms with Crippen molar-refractivity contribution in [3.05, 3.63) is 54.4 Å². The highest BCUT2D eigenvalue weighted by Gasteiger charge is 2.09. The molecular weight excluding hydrogens is 308 g/mol. The lowest BCUT2D eigenvalue weighted by Crippen LogP contribution is -1.99. The summed E-state index contributed by atoms with van der Waals surface area (Å²) in [5.74, 6) is 0.360. The van der Waals surface area contributed by atoms with Crippen LogP contribution in [0.2, 0.25) is 0 Å². The van der Waals surface area contributed by atoms with Crippen molar-refractivity contribution in [2.24, 2.45) is 5.10 Å². The minimum atomic E-state index is -0.0698. The number of para-hydroxylation sites is 2. The number of fused-ring (bicyclic) bond motifs is 3. The summed E-state index contributed by atoms with van der Waals surface area (Å²) in [6.45, 7) is 0. The van der Waals surface area contributed by atoms with Crippen LogP contribution >= 0.6 is 0 Å². The minimum Gasteiger partial charge on any atom is -0.508 e. The second-order valence-electron chi connectivity index (χ2n) is 5.09. The van der Waals surface area contributed by atoms with Crippen LogP contribution in [0.25, 0.3) is 16.7 Å². The van der Waals surface area contributed by atoms with Crippen molar-refractivity contribution in [1.82, 2.24) is 19.6 Å². The van der Waals surface area contributed by atoms with Crippen LogP contribution in [0.5, 0.6) is 11.5 Å². The summed E-state index contributed by atoms with van der Waals surface area (Å²) < 4.78 is 1.82. The van der Waals surface area contributed by atoms with Crippen LogP contribution in [0.15, 0.2) is 53.9 Å². The third-order valence-electron chi connectivity index (χ3n) is 3.52. The Balaban J connectivity index is 1.71. The third-order valence-corrected chi connectivity index (χ3v) is 3.52. The molecule has 0 aliphatic heterocycles. The fourth-order valence-electron chi connectivity index (χ4n) is 2.38. The molecule has 0 unspecified atom stereocenters. The predicted molar refractivity (Wildman–Crippen MR) is 89.3 cm³/mol. The van der Waals surface area contributed by atoms with E-state index in [1.165, 1.54) is 18.3 Å². The zero-order chi connectivity index (χ0) is 16.5. The summed E-state index contributed by atoms with van der Waals surface area (Å²) in [6, 6.07) is 11.9. The number of rotatable bonds is 3. The normalized spacial score (nSPS) is 11.5. The van der Waals surface area contributed by atoms with Crippen molar-refractivity contribution in [2.45, 2.75) is 0 Å². The number of aromatic nitrogens is 4. The van der Waals surface area contributed by atoms with E-state index in [2.05, 4.69) is 25.7 Å². The van der Waals surface area contributed by atoms with Crippen molar-refractivity contribution in [1.29, 1.82) is 0 Å². The summed E-state index contributed by atoms with van der Waals surface area (Å²) in [4.78, 5) is 4.49. The lowest BCUT2D eigenvalue weighted by atomic mass is 10.2. The number of hydrazone groups is 1. The van der Waals surface area contributed by atoms with Crippen molar-refractivity contribution in [3.63, 3.8) is 0 Å². The number of nitrogens with one attached hydrogen (secondary N) is 1. The maximum atomic E-state index is 9.75. The number of nitrogens with zero attached hydrogens (tertiary/aromatic N) is 5. The highest BCUT2D eigenvalue weighted by Crippen LogP contribution is 2.22. The van der Waals surface area contributed by atoms with Gasteiger partial charge in [-0.1, -0.05) is 12.1 Å². The Labute approximate surface area is 135 Å². The molecule has 0 bridgehead atoms. The molecule has 0 aliphatic carbocycles. The zero-order valence-corrected chi connectivity index (χ0v) is 12.3. The van der Waals surface area contributed by atoms with E-state index < -0.39 is 0 Å². The van der Waals surface area contributed by atoms with Gasteiger partial charge in [-0.05, 0) is 24.3 Å². The second kappa shape index (κ2) is 5.51. The van der Waals surface area contributed by atoms with Gasteiger partial charge in [-0.3, -0.25) is 9.83 Å². The maximum absolute atomic E-state index is 9.75. The van der Waals surface area contributed by atoms with Crippen molar-refractivity contribution in [3.8, 4) is 11.5 Å². The standard InChI is InChI=1S/C16H12N6O2/c23-11-6-5-10(14(24)7-11)8-17-20-15-16-21-18-9-22(16)13-4-2-1-3-12(13)19-15/h1-9,23-24H,(H,19,20)/b17-8-. The van der Waals surface area contributed by atoms with Crippen LogP contribution in [0.1, 0.15) is 5.56 Å². The van der Waals surface area contributed by atoms with Crippen molar-refractivity contribution in [2.75, 3.05) is 5.43 Å². The first-order chi connectivity index (χ1) is 11.7. The van der Waals surface area contributed by atoms with E-state index in [1.54, 1.807) is 12.4 Å². The van der Waals surface area contributed by atoms with E-state index in [-0.39, 0.29) is 11.5 Å². The fraction of sp³-hybridized carbons (Fsp3) is 0. The average molecular weight is 320 g/mol. The molecule has 24 heavy (non-hydrogen) atoms. The Morgan fingerprint density at radius 3 is 2.88 bits per heavy atom.